The molecule has 8 heteroatoms. The van der Waals surface area contributed by atoms with E-state index in [9.17, 15) is 9.59 Å². The normalized spacial score (nSPS) is 15.0. The Kier molecular flexibility index (Phi) is 15.9. The van der Waals surface area contributed by atoms with Gasteiger partial charge in [-0.3, -0.25) is 4.79 Å². The van der Waals surface area contributed by atoms with E-state index in [-0.39, 0.29) is 17.9 Å². The third-order valence-electron chi connectivity index (χ3n) is 7.81. The van der Waals surface area contributed by atoms with Gasteiger partial charge in [-0.2, -0.15) is 0 Å². The number of ketones is 1. The summed E-state index contributed by atoms with van der Waals surface area (Å²) < 4.78 is 5.30. The van der Waals surface area contributed by atoms with Gasteiger partial charge in [0.15, 0.2) is 5.78 Å². The first-order chi connectivity index (χ1) is 20.2. The van der Waals surface area contributed by atoms with E-state index in [1.165, 1.54) is 58.2 Å². The first-order valence-electron chi connectivity index (χ1n) is 16.1. The minimum absolute atomic E-state index is 0.0479. The van der Waals surface area contributed by atoms with Gasteiger partial charge in [-0.1, -0.05) is 79.6 Å². The average molecular weight is 582 g/mol. The summed E-state index contributed by atoms with van der Waals surface area (Å²) in [6.07, 6.45) is 13.6. The van der Waals surface area contributed by atoms with Crippen molar-refractivity contribution in [2.45, 2.75) is 112 Å². The predicted molar refractivity (Wildman–Crippen MR) is 174 cm³/mol. The van der Waals surface area contributed by atoms with E-state index in [1.807, 2.05) is 23.1 Å². The molecule has 1 N–H and O–H groups in total. The van der Waals surface area contributed by atoms with E-state index in [2.05, 4.69) is 54.8 Å². The predicted octanol–water partition coefficient (Wildman–Crippen LogP) is 8.17. The van der Waals surface area contributed by atoms with Crippen molar-refractivity contribution in [1.29, 1.82) is 0 Å². The molecule has 2 aromatic rings. The van der Waals surface area contributed by atoms with E-state index in [0.29, 0.717) is 12.2 Å². The van der Waals surface area contributed by atoms with Crippen LogP contribution in [0.1, 0.15) is 115 Å². The number of amides is 2. The lowest BCUT2D eigenvalue weighted by Crippen LogP contribution is -2.49. The lowest BCUT2D eigenvalue weighted by atomic mass is 10.0. The first kappa shape index (κ1) is 35.0. The van der Waals surface area contributed by atoms with Gasteiger partial charge in [0.2, 0.25) is 0 Å². The fraction of sp³-hybridized carbons (Fsp3) is 0.647. The SMILES string of the molecule is CCCC.CCCCCCC(C)C.COc1ccc2c(c1)CCN(C1CCN(c3cc(C(C)=O)ncn3)CC1)C(=O)N2. The molecule has 0 saturated carbocycles. The number of piperidine rings is 1. The van der Waals surface area contributed by atoms with E-state index in [0.717, 1.165) is 61.1 Å². The van der Waals surface area contributed by atoms with Crippen LogP contribution in [0.2, 0.25) is 0 Å². The monoisotopic (exact) mass is 581 g/mol. The highest BCUT2D eigenvalue weighted by molar-refractivity contribution is 5.92. The molecule has 2 aliphatic heterocycles. The smallest absolute Gasteiger partial charge is 0.322 e. The average Bonchev–Trinajstić information content (AvgIpc) is 3.17. The van der Waals surface area contributed by atoms with Crippen molar-refractivity contribution in [3.8, 4) is 5.75 Å². The summed E-state index contributed by atoms with van der Waals surface area (Å²) >= 11 is 0. The second-order valence-electron chi connectivity index (χ2n) is 11.7. The number of methoxy groups -OCH3 is 1. The van der Waals surface area contributed by atoms with Crippen LogP contribution in [0.5, 0.6) is 5.75 Å². The van der Waals surface area contributed by atoms with Crippen molar-refractivity contribution in [3.63, 3.8) is 0 Å². The molecule has 0 unspecified atom stereocenters. The fourth-order valence-corrected chi connectivity index (χ4v) is 5.00. The number of ether oxygens (including phenoxy) is 1. The van der Waals surface area contributed by atoms with Crippen LogP contribution < -0.4 is 15.0 Å². The first-order valence-corrected chi connectivity index (χ1v) is 16.1. The van der Waals surface area contributed by atoms with Crippen molar-refractivity contribution in [3.05, 3.63) is 41.9 Å². The number of fused-ring (bicyclic) bond motifs is 1. The molecule has 0 aliphatic carbocycles. The molecule has 4 rings (SSSR count). The topological polar surface area (TPSA) is 87.7 Å². The van der Waals surface area contributed by atoms with Crippen molar-refractivity contribution < 1.29 is 14.3 Å². The van der Waals surface area contributed by atoms with Crippen LogP contribution in [0.3, 0.4) is 0 Å². The molecule has 0 atom stereocenters. The molecule has 2 aliphatic rings. The number of anilines is 2. The summed E-state index contributed by atoms with van der Waals surface area (Å²) in [5.41, 5.74) is 2.38. The number of hydrogen-bond donors (Lipinski definition) is 1. The summed E-state index contributed by atoms with van der Waals surface area (Å²) in [6, 6.07) is 7.63. The summed E-state index contributed by atoms with van der Waals surface area (Å²) in [5, 5.41) is 3.04. The van der Waals surface area contributed by atoms with Crippen LogP contribution in [0.25, 0.3) is 0 Å². The van der Waals surface area contributed by atoms with Crippen molar-refractivity contribution in [1.82, 2.24) is 14.9 Å². The zero-order chi connectivity index (χ0) is 30.9. The molecule has 234 valence electrons. The van der Waals surface area contributed by atoms with Crippen molar-refractivity contribution >= 4 is 23.3 Å². The molecule has 1 aromatic carbocycles. The quantitative estimate of drug-likeness (QED) is 0.225. The Hall–Kier alpha value is -3.16. The Morgan fingerprint density at radius 1 is 1.00 bits per heavy atom. The lowest BCUT2D eigenvalue weighted by molar-refractivity contribution is 0.101. The minimum Gasteiger partial charge on any atom is -0.497 e. The molecule has 2 amide bonds. The summed E-state index contributed by atoms with van der Waals surface area (Å²) in [4.78, 5) is 36.8. The van der Waals surface area contributed by atoms with Crippen molar-refractivity contribution in [2.24, 2.45) is 5.92 Å². The molecule has 3 heterocycles. The van der Waals surface area contributed by atoms with Crippen LogP contribution in [0.4, 0.5) is 16.3 Å². The molecule has 0 spiro atoms. The van der Waals surface area contributed by atoms with Gasteiger partial charge in [0, 0.05) is 44.4 Å². The highest BCUT2D eigenvalue weighted by atomic mass is 16.5. The van der Waals surface area contributed by atoms with Gasteiger partial charge in [0.05, 0.1) is 7.11 Å². The van der Waals surface area contributed by atoms with Crippen LogP contribution in [0, 0.1) is 5.92 Å². The lowest BCUT2D eigenvalue weighted by Gasteiger charge is -2.38. The molecule has 1 saturated heterocycles. The molecule has 0 radical (unpaired) electrons. The van der Waals surface area contributed by atoms with E-state index in [4.69, 9.17) is 4.74 Å². The zero-order valence-electron chi connectivity index (χ0n) is 27.2. The highest BCUT2D eigenvalue weighted by Crippen LogP contribution is 2.28. The zero-order valence-corrected chi connectivity index (χ0v) is 27.2. The molecular weight excluding hydrogens is 526 g/mol. The van der Waals surface area contributed by atoms with Crippen LogP contribution in [0.15, 0.2) is 30.6 Å². The van der Waals surface area contributed by atoms with Crippen LogP contribution in [-0.2, 0) is 6.42 Å². The molecular formula is C34H55N5O3. The number of Topliss-reactive ketones (excluding diaryl/α,β-unsaturated/α-hetero) is 1. The molecule has 1 aromatic heterocycles. The van der Waals surface area contributed by atoms with Crippen LogP contribution in [-0.4, -0.2) is 59.5 Å². The second kappa shape index (κ2) is 19.1. The molecule has 1 fully saturated rings. The molecule has 42 heavy (non-hydrogen) atoms. The number of hydrogen-bond acceptors (Lipinski definition) is 6. The van der Waals surface area contributed by atoms with Gasteiger partial charge in [-0.15, -0.1) is 0 Å². The standard InChI is InChI=1S/C21H25N5O3.C9H20.C4H10/c1-14(27)19-12-20(23-13-22-19)25-8-6-16(7-9-25)26-10-5-15-11-17(29-2)3-4-18(15)24-21(26)28;1-4-5-6-7-8-9(2)3;1-3-4-2/h3-4,11-13,16H,5-10H2,1-2H3,(H,24,28);9H,4-8H2,1-3H3;3-4H2,1-2H3. The Bertz CT molecular complexity index is 1080. The number of nitrogens with one attached hydrogen (secondary N) is 1. The third kappa shape index (κ3) is 11.6. The van der Waals surface area contributed by atoms with E-state index in [1.54, 1.807) is 13.2 Å². The maximum Gasteiger partial charge on any atom is 0.322 e. The Labute approximate surface area is 254 Å². The van der Waals surface area contributed by atoms with Crippen LogP contribution >= 0.6 is 0 Å². The third-order valence-corrected chi connectivity index (χ3v) is 7.81. The largest absolute Gasteiger partial charge is 0.497 e. The molecule has 8 nitrogen and oxygen atoms in total. The minimum atomic E-state index is -0.0685. The van der Waals surface area contributed by atoms with Crippen molar-refractivity contribution in [2.75, 3.05) is 37.0 Å². The van der Waals surface area contributed by atoms with Gasteiger partial charge in [0.1, 0.15) is 23.6 Å². The maximum absolute atomic E-state index is 12.8. The number of carbonyl (C=O) groups is 2. The number of urea groups is 1. The summed E-state index contributed by atoms with van der Waals surface area (Å²) in [7, 11) is 1.65. The Morgan fingerprint density at radius 3 is 2.31 bits per heavy atom. The number of nitrogens with zero attached hydrogens (tertiary/aromatic N) is 4. The number of aromatic nitrogens is 2. The number of rotatable bonds is 10. The van der Waals surface area contributed by atoms with Gasteiger partial charge in [-0.05, 0) is 48.9 Å². The summed E-state index contributed by atoms with van der Waals surface area (Å²) in [6.45, 7) is 15.0. The van der Waals surface area contributed by atoms with Gasteiger partial charge in [-0.25, -0.2) is 14.8 Å². The second-order valence-corrected chi connectivity index (χ2v) is 11.7. The number of carbonyl (C=O) groups excluding carboxylic acids is 2. The van der Waals surface area contributed by atoms with Gasteiger partial charge in [0.25, 0.3) is 0 Å². The highest BCUT2D eigenvalue weighted by Gasteiger charge is 2.30. The van der Waals surface area contributed by atoms with E-state index >= 15 is 0 Å². The number of unbranched alkanes of at least 4 members (excludes halogenated alkanes) is 4. The Morgan fingerprint density at radius 2 is 1.71 bits per heavy atom. The Balaban J connectivity index is 0.000000399. The van der Waals surface area contributed by atoms with E-state index < -0.39 is 0 Å². The van der Waals surface area contributed by atoms with Gasteiger partial charge >= 0.3 is 6.03 Å². The maximum atomic E-state index is 12.8. The molecule has 0 bridgehead atoms. The summed E-state index contributed by atoms with van der Waals surface area (Å²) in [5.74, 6) is 2.40. The fourth-order valence-electron chi connectivity index (χ4n) is 5.00. The van der Waals surface area contributed by atoms with Gasteiger partial charge < -0.3 is 19.9 Å². The number of benzene rings is 1.